The number of amides is 1. The zero-order valence-corrected chi connectivity index (χ0v) is 14.2. The summed E-state index contributed by atoms with van der Waals surface area (Å²) in [5.41, 5.74) is 0.665. The number of hydrogen-bond acceptors (Lipinski definition) is 5. The van der Waals surface area contributed by atoms with Crippen molar-refractivity contribution in [2.45, 2.75) is 19.3 Å². The molecule has 2 fully saturated rings. The van der Waals surface area contributed by atoms with Gasteiger partial charge in [-0.05, 0) is 37.5 Å². The van der Waals surface area contributed by atoms with Crippen LogP contribution in [0.1, 0.15) is 29.6 Å². The van der Waals surface area contributed by atoms with Crippen molar-refractivity contribution in [1.29, 1.82) is 0 Å². The molecular formula is C19H23NO5. The monoisotopic (exact) mass is 345 g/mol. The fourth-order valence-corrected chi connectivity index (χ4v) is 3.78. The first-order valence-electron chi connectivity index (χ1n) is 9.03. The van der Waals surface area contributed by atoms with E-state index < -0.39 is 0 Å². The molecular weight excluding hydrogens is 322 g/mol. The minimum absolute atomic E-state index is 0.00467. The van der Waals surface area contributed by atoms with E-state index in [1.807, 2.05) is 11.0 Å². The number of piperidine rings is 1. The molecule has 134 valence electrons. The van der Waals surface area contributed by atoms with Crippen LogP contribution >= 0.6 is 0 Å². The van der Waals surface area contributed by atoms with Crippen molar-refractivity contribution in [1.82, 2.24) is 4.90 Å². The van der Waals surface area contributed by atoms with Gasteiger partial charge in [0.1, 0.15) is 13.2 Å². The maximum Gasteiger partial charge on any atom is 0.228 e. The van der Waals surface area contributed by atoms with Gasteiger partial charge in [0.05, 0.1) is 12.5 Å². The molecule has 3 aliphatic rings. The van der Waals surface area contributed by atoms with Crippen LogP contribution in [0.15, 0.2) is 18.2 Å². The number of ketones is 1. The maximum atomic E-state index is 12.8. The van der Waals surface area contributed by atoms with E-state index in [4.69, 9.17) is 14.2 Å². The number of rotatable bonds is 3. The summed E-state index contributed by atoms with van der Waals surface area (Å²) in [7, 11) is 0. The Morgan fingerprint density at radius 2 is 1.68 bits per heavy atom. The summed E-state index contributed by atoms with van der Waals surface area (Å²) < 4.78 is 16.4. The van der Waals surface area contributed by atoms with Gasteiger partial charge < -0.3 is 19.1 Å². The molecule has 3 aliphatic heterocycles. The number of likely N-dealkylation sites (tertiary alicyclic amines) is 1. The lowest BCUT2D eigenvalue weighted by Gasteiger charge is -2.32. The molecule has 6 heteroatoms. The van der Waals surface area contributed by atoms with Gasteiger partial charge in [-0.25, -0.2) is 0 Å². The summed E-state index contributed by atoms with van der Waals surface area (Å²) >= 11 is 0. The lowest BCUT2D eigenvalue weighted by atomic mass is 9.88. The third kappa shape index (κ3) is 3.35. The number of carbonyl (C=O) groups is 2. The number of carbonyl (C=O) groups excluding carboxylic acids is 2. The van der Waals surface area contributed by atoms with Crippen molar-refractivity contribution in [3.05, 3.63) is 23.8 Å². The van der Waals surface area contributed by atoms with E-state index in [0.29, 0.717) is 69.4 Å². The van der Waals surface area contributed by atoms with Crippen LogP contribution in [0, 0.1) is 11.8 Å². The van der Waals surface area contributed by atoms with Crippen molar-refractivity contribution in [3.8, 4) is 11.5 Å². The summed E-state index contributed by atoms with van der Waals surface area (Å²) in [6.45, 7) is 3.56. The Bertz CT molecular complexity index is 660. The minimum Gasteiger partial charge on any atom is -0.486 e. The van der Waals surface area contributed by atoms with Crippen LogP contribution in [-0.4, -0.2) is 56.1 Å². The number of nitrogens with zero attached hydrogens (tertiary/aromatic N) is 1. The Morgan fingerprint density at radius 3 is 2.40 bits per heavy atom. The lowest BCUT2D eigenvalue weighted by Crippen LogP contribution is -2.43. The molecule has 0 aromatic heterocycles. The quantitative estimate of drug-likeness (QED) is 0.783. The molecule has 0 spiro atoms. The third-order valence-corrected chi connectivity index (χ3v) is 5.28. The van der Waals surface area contributed by atoms with Crippen molar-refractivity contribution >= 4 is 11.7 Å². The van der Waals surface area contributed by atoms with Crippen LogP contribution in [0.25, 0.3) is 0 Å². The van der Waals surface area contributed by atoms with Crippen LogP contribution in [-0.2, 0) is 9.53 Å². The van der Waals surface area contributed by atoms with Gasteiger partial charge in [0.25, 0.3) is 0 Å². The van der Waals surface area contributed by atoms with Crippen molar-refractivity contribution in [2.75, 3.05) is 39.5 Å². The lowest BCUT2D eigenvalue weighted by molar-refractivity contribution is -0.136. The van der Waals surface area contributed by atoms with Gasteiger partial charge in [-0.15, -0.1) is 0 Å². The van der Waals surface area contributed by atoms with E-state index in [1.54, 1.807) is 12.1 Å². The highest BCUT2D eigenvalue weighted by atomic mass is 16.6. The zero-order chi connectivity index (χ0) is 17.2. The highest BCUT2D eigenvalue weighted by Crippen LogP contribution is 2.32. The second kappa shape index (κ2) is 7.04. The van der Waals surface area contributed by atoms with Crippen LogP contribution in [0.2, 0.25) is 0 Å². The molecule has 2 saturated heterocycles. The first-order valence-corrected chi connectivity index (χ1v) is 9.03. The largest absolute Gasteiger partial charge is 0.486 e. The number of benzene rings is 1. The zero-order valence-electron chi connectivity index (χ0n) is 14.2. The highest BCUT2D eigenvalue weighted by Gasteiger charge is 2.33. The average Bonchev–Trinajstić information content (AvgIpc) is 3.21. The maximum absolute atomic E-state index is 12.8. The number of fused-ring (bicyclic) bond motifs is 1. The topological polar surface area (TPSA) is 65.1 Å². The van der Waals surface area contributed by atoms with Crippen LogP contribution in [0.4, 0.5) is 0 Å². The van der Waals surface area contributed by atoms with E-state index in [2.05, 4.69) is 0 Å². The Hall–Kier alpha value is -2.08. The van der Waals surface area contributed by atoms with E-state index in [-0.39, 0.29) is 23.5 Å². The molecule has 0 N–H and O–H groups in total. The van der Waals surface area contributed by atoms with Crippen molar-refractivity contribution in [3.63, 3.8) is 0 Å². The summed E-state index contributed by atoms with van der Waals surface area (Å²) in [6.07, 6.45) is 2.24. The van der Waals surface area contributed by atoms with Gasteiger partial charge in [-0.1, -0.05) is 0 Å². The molecule has 6 nitrogen and oxygen atoms in total. The average molecular weight is 345 g/mol. The van der Waals surface area contributed by atoms with Gasteiger partial charge in [0, 0.05) is 31.2 Å². The number of ether oxygens (including phenoxy) is 3. The molecule has 0 aliphatic carbocycles. The highest BCUT2D eigenvalue weighted by molar-refractivity contribution is 5.98. The standard InChI is InChI=1S/C19H23NO5/c21-18(14-1-2-16-17(11-14)25-10-9-24-16)13-3-6-20(7-4-13)19(22)15-5-8-23-12-15/h1-2,11,13,15H,3-10,12H2/t15-/m0/s1. The fourth-order valence-electron chi connectivity index (χ4n) is 3.78. The molecule has 1 amide bonds. The Morgan fingerprint density at radius 1 is 0.920 bits per heavy atom. The van der Waals surface area contributed by atoms with Crippen LogP contribution in [0.5, 0.6) is 11.5 Å². The summed E-state index contributed by atoms with van der Waals surface area (Å²) in [4.78, 5) is 27.1. The van der Waals surface area contributed by atoms with E-state index in [0.717, 1.165) is 6.42 Å². The molecule has 4 rings (SSSR count). The first-order chi connectivity index (χ1) is 12.2. The van der Waals surface area contributed by atoms with Crippen LogP contribution < -0.4 is 9.47 Å². The SMILES string of the molecule is O=C(c1ccc2c(c1)OCCO2)C1CCN(C(=O)[C@H]2CCOC2)CC1. The second-order valence-corrected chi connectivity index (χ2v) is 6.88. The van der Waals surface area contributed by atoms with E-state index >= 15 is 0 Å². The van der Waals surface area contributed by atoms with Gasteiger partial charge in [-0.3, -0.25) is 9.59 Å². The molecule has 0 saturated carbocycles. The fraction of sp³-hybridized carbons (Fsp3) is 0.579. The van der Waals surface area contributed by atoms with Crippen LogP contribution in [0.3, 0.4) is 0 Å². The van der Waals surface area contributed by atoms with Crippen molar-refractivity contribution < 1.29 is 23.8 Å². The number of Topliss-reactive ketones (excluding diaryl/α,β-unsaturated/α-hetero) is 1. The molecule has 25 heavy (non-hydrogen) atoms. The normalized spacial score (nSPS) is 23.5. The Labute approximate surface area is 147 Å². The van der Waals surface area contributed by atoms with Gasteiger partial charge in [0.15, 0.2) is 17.3 Å². The van der Waals surface area contributed by atoms with Gasteiger partial charge in [-0.2, -0.15) is 0 Å². The predicted octanol–water partition coefficient (Wildman–Crippen LogP) is 1.92. The third-order valence-electron chi connectivity index (χ3n) is 5.28. The summed E-state index contributed by atoms with van der Waals surface area (Å²) in [6, 6.07) is 5.40. The van der Waals surface area contributed by atoms with Gasteiger partial charge in [0.2, 0.25) is 5.91 Å². The molecule has 3 heterocycles. The summed E-state index contributed by atoms with van der Waals surface area (Å²) in [5.74, 6) is 1.63. The Kier molecular flexibility index (Phi) is 4.61. The minimum atomic E-state index is -0.0357. The van der Waals surface area contributed by atoms with Gasteiger partial charge >= 0.3 is 0 Å². The molecule has 0 bridgehead atoms. The van der Waals surface area contributed by atoms with Crippen molar-refractivity contribution in [2.24, 2.45) is 11.8 Å². The second-order valence-electron chi connectivity index (χ2n) is 6.88. The predicted molar refractivity (Wildman–Crippen MR) is 90.0 cm³/mol. The molecule has 0 radical (unpaired) electrons. The molecule has 1 aromatic carbocycles. The smallest absolute Gasteiger partial charge is 0.228 e. The number of hydrogen-bond donors (Lipinski definition) is 0. The molecule has 1 atom stereocenters. The van der Waals surface area contributed by atoms with E-state index in [9.17, 15) is 9.59 Å². The Balaban J connectivity index is 1.37. The first kappa shape index (κ1) is 16.4. The van der Waals surface area contributed by atoms with E-state index in [1.165, 1.54) is 0 Å². The molecule has 0 unspecified atom stereocenters. The molecule has 1 aromatic rings. The summed E-state index contributed by atoms with van der Waals surface area (Å²) in [5, 5.41) is 0.